The highest BCUT2D eigenvalue weighted by Crippen LogP contribution is 2.22. The van der Waals surface area contributed by atoms with Crippen LogP contribution in [0.5, 0.6) is 11.5 Å². The van der Waals surface area contributed by atoms with Gasteiger partial charge in [0.15, 0.2) is 0 Å². The zero-order valence-electron chi connectivity index (χ0n) is 13.9. The molecule has 0 aliphatic carbocycles. The van der Waals surface area contributed by atoms with E-state index in [-0.39, 0.29) is 11.9 Å². The Bertz CT molecular complexity index is 658. The third-order valence-corrected chi connectivity index (χ3v) is 3.97. The van der Waals surface area contributed by atoms with Gasteiger partial charge in [-0.1, -0.05) is 29.8 Å². The van der Waals surface area contributed by atoms with Gasteiger partial charge in [0.1, 0.15) is 11.5 Å². The Labute approximate surface area is 147 Å². The Morgan fingerprint density at radius 2 is 1.79 bits per heavy atom. The van der Waals surface area contributed by atoms with Crippen molar-refractivity contribution in [1.29, 1.82) is 0 Å². The van der Waals surface area contributed by atoms with Crippen molar-refractivity contribution in [2.75, 3.05) is 13.7 Å². The summed E-state index contributed by atoms with van der Waals surface area (Å²) in [4.78, 5) is 12.0. The van der Waals surface area contributed by atoms with Crippen LogP contribution in [0.2, 0.25) is 5.02 Å². The lowest BCUT2D eigenvalue weighted by Crippen LogP contribution is -2.26. The first-order valence-corrected chi connectivity index (χ1v) is 8.28. The molecule has 24 heavy (non-hydrogen) atoms. The van der Waals surface area contributed by atoms with Gasteiger partial charge in [0, 0.05) is 11.4 Å². The molecule has 128 valence electrons. The predicted molar refractivity (Wildman–Crippen MR) is 95.7 cm³/mol. The number of nitrogens with one attached hydrogen (secondary N) is 1. The number of hydrogen-bond donors (Lipinski definition) is 1. The first kappa shape index (κ1) is 18.1. The van der Waals surface area contributed by atoms with E-state index in [1.54, 1.807) is 7.11 Å². The molecule has 1 N–H and O–H groups in total. The summed E-state index contributed by atoms with van der Waals surface area (Å²) in [6.07, 6.45) is 1.05. The van der Waals surface area contributed by atoms with E-state index in [2.05, 4.69) is 5.32 Å². The van der Waals surface area contributed by atoms with E-state index < -0.39 is 0 Å². The SMILES string of the molecule is COc1ccc(OCCCC(=O)NC(C)c2ccccc2Cl)cc1. The van der Waals surface area contributed by atoms with Gasteiger partial charge in [-0.3, -0.25) is 4.79 Å². The second kappa shape index (κ2) is 9.18. The summed E-state index contributed by atoms with van der Waals surface area (Å²) in [7, 11) is 1.62. The Morgan fingerprint density at radius 1 is 1.12 bits per heavy atom. The normalized spacial score (nSPS) is 11.6. The lowest BCUT2D eigenvalue weighted by molar-refractivity contribution is -0.121. The van der Waals surface area contributed by atoms with E-state index in [1.807, 2.05) is 55.5 Å². The molecule has 2 aromatic rings. The maximum absolute atomic E-state index is 12.0. The molecule has 0 aliphatic rings. The number of methoxy groups -OCH3 is 1. The molecule has 0 heterocycles. The van der Waals surface area contributed by atoms with Crippen molar-refractivity contribution < 1.29 is 14.3 Å². The molecular formula is C19H22ClNO3. The molecular weight excluding hydrogens is 326 g/mol. The molecule has 0 aliphatic heterocycles. The van der Waals surface area contributed by atoms with Crippen LogP contribution < -0.4 is 14.8 Å². The fourth-order valence-corrected chi connectivity index (χ4v) is 2.61. The number of hydrogen-bond acceptors (Lipinski definition) is 3. The monoisotopic (exact) mass is 347 g/mol. The number of carbonyl (C=O) groups is 1. The van der Waals surface area contributed by atoms with Gasteiger partial charge in [-0.25, -0.2) is 0 Å². The van der Waals surface area contributed by atoms with Crippen LogP contribution in [0.1, 0.15) is 31.4 Å². The molecule has 0 saturated heterocycles. The zero-order chi connectivity index (χ0) is 17.4. The molecule has 1 atom stereocenters. The lowest BCUT2D eigenvalue weighted by Gasteiger charge is -2.15. The molecule has 0 radical (unpaired) electrons. The summed E-state index contributed by atoms with van der Waals surface area (Å²) in [5, 5.41) is 3.62. The van der Waals surface area contributed by atoms with Gasteiger partial charge in [0.25, 0.3) is 0 Å². The zero-order valence-corrected chi connectivity index (χ0v) is 14.7. The molecule has 0 spiro atoms. The third-order valence-electron chi connectivity index (χ3n) is 3.63. The Kier molecular flexibility index (Phi) is 6.94. The van der Waals surface area contributed by atoms with Gasteiger partial charge >= 0.3 is 0 Å². The minimum absolute atomic E-state index is 0.0132. The quantitative estimate of drug-likeness (QED) is 0.721. The van der Waals surface area contributed by atoms with Gasteiger partial charge < -0.3 is 14.8 Å². The second-order valence-electron chi connectivity index (χ2n) is 5.44. The molecule has 0 fully saturated rings. The maximum Gasteiger partial charge on any atom is 0.220 e. The van der Waals surface area contributed by atoms with Gasteiger partial charge in [-0.15, -0.1) is 0 Å². The van der Waals surface area contributed by atoms with E-state index in [0.29, 0.717) is 24.5 Å². The number of benzene rings is 2. The number of halogens is 1. The highest BCUT2D eigenvalue weighted by Gasteiger charge is 2.11. The van der Waals surface area contributed by atoms with Crippen LogP contribution in [0.25, 0.3) is 0 Å². The molecule has 0 saturated carbocycles. The number of ether oxygens (including phenoxy) is 2. The van der Waals surface area contributed by atoms with Crippen molar-refractivity contribution in [3.63, 3.8) is 0 Å². The van der Waals surface area contributed by atoms with Crippen LogP contribution in [0.4, 0.5) is 0 Å². The van der Waals surface area contributed by atoms with Crippen molar-refractivity contribution in [2.24, 2.45) is 0 Å². The van der Waals surface area contributed by atoms with Gasteiger partial charge in [0.2, 0.25) is 5.91 Å². The van der Waals surface area contributed by atoms with Crippen molar-refractivity contribution in [3.05, 3.63) is 59.1 Å². The predicted octanol–water partition coefficient (Wildman–Crippen LogP) is 4.39. The second-order valence-corrected chi connectivity index (χ2v) is 5.85. The largest absolute Gasteiger partial charge is 0.497 e. The van der Waals surface area contributed by atoms with Gasteiger partial charge in [-0.2, -0.15) is 0 Å². The summed E-state index contributed by atoms with van der Waals surface area (Å²) >= 11 is 6.14. The fraction of sp³-hybridized carbons (Fsp3) is 0.316. The van der Waals surface area contributed by atoms with Crippen LogP contribution in [-0.2, 0) is 4.79 Å². The van der Waals surface area contributed by atoms with E-state index in [4.69, 9.17) is 21.1 Å². The minimum Gasteiger partial charge on any atom is -0.497 e. The van der Waals surface area contributed by atoms with Crippen LogP contribution in [0.3, 0.4) is 0 Å². The molecule has 0 bridgehead atoms. The molecule has 1 amide bonds. The van der Waals surface area contributed by atoms with Crippen LogP contribution in [0.15, 0.2) is 48.5 Å². The maximum atomic E-state index is 12.0. The number of carbonyl (C=O) groups excluding carboxylic acids is 1. The Morgan fingerprint density at radius 3 is 2.46 bits per heavy atom. The lowest BCUT2D eigenvalue weighted by atomic mass is 10.1. The van der Waals surface area contributed by atoms with Gasteiger partial charge in [-0.05, 0) is 49.2 Å². The van der Waals surface area contributed by atoms with Crippen molar-refractivity contribution >= 4 is 17.5 Å². The Balaban J connectivity index is 1.70. The molecule has 0 aromatic heterocycles. The van der Waals surface area contributed by atoms with Crippen molar-refractivity contribution in [2.45, 2.75) is 25.8 Å². The number of amides is 1. The molecule has 2 rings (SSSR count). The molecule has 5 heteroatoms. The first-order valence-electron chi connectivity index (χ1n) is 7.91. The number of rotatable bonds is 8. The third kappa shape index (κ3) is 5.46. The highest BCUT2D eigenvalue weighted by atomic mass is 35.5. The van der Waals surface area contributed by atoms with E-state index >= 15 is 0 Å². The average Bonchev–Trinajstić information content (AvgIpc) is 2.59. The summed E-state index contributed by atoms with van der Waals surface area (Å²) in [5.74, 6) is 1.54. The van der Waals surface area contributed by atoms with Gasteiger partial charge in [0.05, 0.1) is 19.8 Å². The van der Waals surface area contributed by atoms with E-state index in [9.17, 15) is 4.79 Å². The van der Waals surface area contributed by atoms with Crippen molar-refractivity contribution in [3.8, 4) is 11.5 Å². The highest BCUT2D eigenvalue weighted by molar-refractivity contribution is 6.31. The summed E-state index contributed by atoms with van der Waals surface area (Å²) in [5.41, 5.74) is 0.919. The first-order chi connectivity index (χ1) is 11.6. The molecule has 2 aromatic carbocycles. The average molecular weight is 348 g/mol. The van der Waals surface area contributed by atoms with Crippen LogP contribution >= 0.6 is 11.6 Å². The topological polar surface area (TPSA) is 47.6 Å². The summed E-state index contributed by atoms with van der Waals surface area (Å²) in [6.45, 7) is 2.41. The van der Waals surface area contributed by atoms with Crippen LogP contribution in [0, 0.1) is 0 Å². The summed E-state index contributed by atoms with van der Waals surface area (Å²) in [6, 6.07) is 14.8. The fourth-order valence-electron chi connectivity index (χ4n) is 2.31. The van der Waals surface area contributed by atoms with E-state index in [0.717, 1.165) is 17.1 Å². The van der Waals surface area contributed by atoms with E-state index in [1.165, 1.54) is 0 Å². The molecule has 4 nitrogen and oxygen atoms in total. The van der Waals surface area contributed by atoms with Crippen LogP contribution in [-0.4, -0.2) is 19.6 Å². The van der Waals surface area contributed by atoms with Crippen molar-refractivity contribution in [1.82, 2.24) is 5.32 Å². The summed E-state index contributed by atoms with van der Waals surface area (Å²) < 4.78 is 10.7. The standard InChI is InChI=1S/C19H22ClNO3/c1-14(17-6-3-4-7-18(17)20)21-19(22)8-5-13-24-16-11-9-15(23-2)10-12-16/h3-4,6-7,9-12,14H,5,8,13H2,1-2H3,(H,21,22). The smallest absolute Gasteiger partial charge is 0.220 e. The minimum atomic E-state index is -0.117. The molecule has 1 unspecified atom stereocenters. The Hall–Kier alpha value is -2.20.